The number of primary amides is 1. The van der Waals surface area contributed by atoms with Crippen LogP contribution in [0.1, 0.15) is 17.3 Å². The standard InChI is InChI=1S/C18H16N4O4S/c1-11(16(24)20-13-9-7-12(8-10-13)15(19)23)27-17-18(25)26-21-22(17)14-5-3-2-4-6-14/h2-11H,1H3,(H3-,19,20,21,23,24,25)/p+1. The zero-order valence-corrected chi connectivity index (χ0v) is 15.2. The zero-order chi connectivity index (χ0) is 19.4. The van der Waals surface area contributed by atoms with Crippen molar-refractivity contribution in [2.75, 3.05) is 5.32 Å². The highest BCUT2D eigenvalue weighted by molar-refractivity contribution is 8.00. The SMILES string of the molecule is CC(Sc1c(=O)o[nH][n+]1-c1ccccc1)C(=O)Nc1ccc(C(N)=O)cc1. The van der Waals surface area contributed by atoms with E-state index < -0.39 is 16.8 Å². The Morgan fingerprint density at radius 2 is 1.81 bits per heavy atom. The minimum absolute atomic E-state index is 0.257. The van der Waals surface area contributed by atoms with E-state index >= 15 is 0 Å². The first-order chi connectivity index (χ1) is 13.0. The van der Waals surface area contributed by atoms with Gasteiger partial charge in [0.05, 0.1) is 5.25 Å². The summed E-state index contributed by atoms with van der Waals surface area (Å²) in [5.41, 5.74) is 6.21. The highest BCUT2D eigenvalue weighted by atomic mass is 32.2. The molecule has 0 saturated heterocycles. The van der Waals surface area contributed by atoms with Gasteiger partial charge in [0.2, 0.25) is 17.5 Å². The summed E-state index contributed by atoms with van der Waals surface area (Å²) in [6.45, 7) is 1.68. The molecule has 0 saturated carbocycles. The maximum Gasteiger partial charge on any atom is 0.442 e. The molecule has 0 bridgehead atoms. The number of carbonyl (C=O) groups excluding carboxylic acids is 2. The number of hydrogen-bond donors (Lipinski definition) is 3. The van der Waals surface area contributed by atoms with Gasteiger partial charge in [0, 0.05) is 23.4 Å². The number of thioether (sulfide) groups is 1. The van der Waals surface area contributed by atoms with E-state index in [1.807, 2.05) is 18.2 Å². The first-order valence-corrected chi connectivity index (χ1v) is 8.90. The number of aromatic nitrogens is 2. The fourth-order valence-electron chi connectivity index (χ4n) is 2.29. The van der Waals surface area contributed by atoms with E-state index in [1.54, 1.807) is 31.2 Å². The van der Waals surface area contributed by atoms with Gasteiger partial charge in [0.1, 0.15) is 0 Å². The first-order valence-electron chi connectivity index (χ1n) is 8.02. The number of amides is 2. The fourth-order valence-corrected chi connectivity index (χ4v) is 3.18. The van der Waals surface area contributed by atoms with Crippen LogP contribution in [0.2, 0.25) is 0 Å². The lowest BCUT2D eigenvalue weighted by Crippen LogP contribution is -2.37. The van der Waals surface area contributed by atoms with Gasteiger partial charge in [-0.15, -0.1) is 0 Å². The number of hydrogen-bond acceptors (Lipinski definition) is 5. The minimum atomic E-state index is -0.575. The maximum atomic E-state index is 12.4. The summed E-state index contributed by atoms with van der Waals surface area (Å²) in [5, 5.41) is 4.95. The molecule has 3 rings (SSSR count). The summed E-state index contributed by atoms with van der Waals surface area (Å²) in [6.07, 6.45) is 0. The quantitative estimate of drug-likeness (QED) is 0.438. The van der Waals surface area contributed by atoms with Gasteiger partial charge in [-0.1, -0.05) is 18.2 Å². The molecule has 1 atom stereocenters. The summed E-state index contributed by atoms with van der Waals surface area (Å²) < 4.78 is 6.36. The molecule has 0 aliphatic rings. The Kier molecular flexibility index (Phi) is 5.41. The number of H-pyrrole nitrogens is 1. The van der Waals surface area contributed by atoms with E-state index in [1.165, 1.54) is 16.8 Å². The topological polar surface area (TPSA) is 122 Å². The number of nitrogens with one attached hydrogen (secondary N) is 2. The van der Waals surface area contributed by atoms with Crippen LogP contribution in [0.15, 0.2) is 68.9 Å². The summed E-state index contributed by atoms with van der Waals surface area (Å²) in [4.78, 5) is 35.5. The van der Waals surface area contributed by atoms with Crippen LogP contribution in [0.25, 0.3) is 5.69 Å². The van der Waals surface area contributed by atoms with Gasteiger partial charge in [-0.25, -0.2) is 4.79 Å². The molecule has 3 aromatic rings. The lowest BCUT2D eigenvalue weighted by molar-refractivity contribution is -0.704. The van der Waals surface area contributed by atoms with E-state index in [2.05, 4.69) is 10.6 Å². The first kappa shape index (κ1) is 18.5. The fraction of sp³-hybridized carbons (Fsp3) is 0.111. The van der Waals surface area contributed by atoms with Crippen LogP contribution >= 0.6 is 11.8 Å². The van der Waals surface area contributed by atoms with Crippen molar-refractivity contribution >= 4 is 29.3 Å². The molecule has 0 aliphatic carbocycles. The minimum Gasteiger partial charge on any atom is -0.366 e. The van der Waals surface area contributed by atoms with Gasteiger partial charge >= 0.3 is 10.7 Å². The number of aromatic amines is 1. The van der Waals surface area contributed by atoms with Crippen LogP contribution in [-0.4, -0.2) is 22.3 Å². The molecule has 1 heterocycles. The van der Waals surface area contributed by atoms with E-state index in [9.17, 15) is 14.4 Å². The van der Waals surface area contributed by atoms with E-state index in [0.717, 1.165) is 11.8 Å². The van der Waals surface area contributed by atoms with Crippen molar-refractivity contribution in [2.24, 2.45) is 5.73 Å². The highest BCUT2D eigenvalue weighted by Crippen LogP contribution is 2.20. The monoisotopic (exact) mass is 385 g/mol. The highest BCUT2D eigenvalue weighted by Gasteiger charge is 2.28. The lowest BCUT2D eigenvalue weighted by Gasteiger charge is -2.09. The van der Waals surface area contributed by atoms with Gasteiger partial charge < -0.3 is 11.1 Å². The Labute approximate surface area is 158 Å². The molecule has 0 fully saturated rings. The van der Waals surface area contributed by atoms with Crippen LogP contribution in [0.3, 0.4) is 0 Å². The zero-order valence-electron chi connectivity index (χ0n) is 14.3. The van der Waals surface area contributed by atoms with Gasteiger partial charge in [0.15, 0.2) is 0 Å². The molecule has 138 valence electrons. The smallest absolute Gasteiger partial charge is 0.366 e. The van der Waals surface area contributed by atoms with Crippen molar-refractivity contribution in [3.05, 3.63) is 70.6 Å². The van der Waals surface area contributed by atoms with Crippen molar-refractivity contribution in [1.82, 2.24) is 5.27 Å². The lowest BCUT2D eigenvalue weighted by atomic mass is 10.2. The molecule has 2 amide bonds. The third-order valence-electron chi connectivity index (χ3n) is 3.72. The molecule has 27 heavy (non-hydrogen) atoms. The number of carbonyl (C=O) groups is 2. The average Bonchev–Trinajstić information content (AvgIpc) is 3.03. The molecule has 8 nitrogen and oxygen atoms in total. The molecule has 9 heteroatoms. The normalized spacial score (nSPS) is 11.7. The van der Waals surface area contributed by atoms with Gasteiger partial charge in [0.25, 0.3) is 0 Å². The van der Waals surface area contributed by atoms with Crippen LogP contribution in [0.4, 0.5) is 5.69 Å². The molecule has 0 aliphatic heterocycles. The van der Waals surface area contributed by atoms with Crippen LogP contribution in [0.5, 0.6) is 0 Å². The molecule has 0 spiro atoms. The van der Waals surface area contributed by atoms with Gasteiger partial charge in [-0.05, 0) is 52.9 Å². The number of benzene rings is 2. The van der Waals surface area contributed by atoms with Crippen molar-refractivity contribution in [3.8, 4) is 5.69 Å². The Bertz CT molecular complexity index is 1010. The van der Waals surface area contributed by atoms with Gasteiger partial charge in [-0.2, -0.15) is 0 Å². The summed E-state index contributed by atoms with van der Waals surface area (Å²) in [5.74, 6) is -0.839. The number of nitrogens with two attached hydrogens (primary N) is 1. The van der Waals surface area contributed by atoms with E-state index in [0.29, 0.717) is 16.9 Å². The molecule has 1 aromatic heterocycles. The number of rotatable bonds is 6. The molecule has 2 aromatic carbocycles. The van der Waals surface area contributed by atoms with Crippen molar-refractivity contribution in [3.63, 3.8) is 0 Å². The average molecular weight is 385 g/mol. The second-order valence-electron chi connectivity index (χ2n) is 5.65. The third-order valence-corrected chi connectivity index (χ3v) is 4.86. The molecular weight excluding hydrogens is 368 g/mol. The van der Waals surface area contributed by atoms with Crippen LogP contribution in [0, 0.1) is 0 Å². The predicted molar refractivity (Wildman–Crippen MR) is 99.8 cm³/mol. The predicted octanol–water partition coefficient (Wildman–Crippen LogP) is 1.46. The summed E-state index contributed by atoms with van der Waals surface area (Å²) in [7, 11) is 0. The summed E-state index contributed by atoms with van der Waals surface area (Å²) in [6, 6.07) is 15.4. The second-order valence-corrected chi connectivity index (χ2v) is 6.98. The molecular formula is C18H17N4O4S+. The number of anilines is 1. The number of nitrogens with zero attached hydrogens (tertiary/aromatic N) is 1. The summed E-state index contributed by atoms with van der Waals surface area (Å²) >= 11 is 1.07. The van der Waals surface area contributed by atoms with Crippen LogP contribution < -0.4 is 21.4 Å². The Balaban J connectivity index is 1.73. The molecule has 0 radical (unpaired) electrons. The molecule has 4 N–H and O–H groups in total. The van der Waals surface area contributed by atoms with E-state index in [-0.39, 0.29) is 10.9 Å². The second kappa shape index (κ2) is 7.92. The van der Waals surface area contributed by atoms with Crippen LogP contribution in [-0.2, 0) is 4.79 Å². The maximum absolute atomic E-state index is 12.4. The van der Waals surface area contributed by atoms with Crippen molar-refractivity contribution in [2.45, 2.75) is 17.2 Å². The Hall–Kier alpha value is -3.33. The Morgan fingerprint density at radius 1 is 1.15 bits per heavy atom. The van der Waals surface area contributed by atoms with E-state index in [4.69, 9.17) is 10.3 Å². The number of para-hydroxylation sites is 1. The van der Waals surface area contributed by atoms with Crippen molar-refractivity contribution in [1.29, 1.82) is 0 Å². The third kappa shape index (κ3) is 4.26. The van der Waals surface area contributed by atoms with Gasteiger partial charge in [-0.3, -0.25) is 14.1 Å². The Morgan fingerprint density at radius 3 is 2.44 bits per heavy atom. The largest absolute Gasteiger partial charge is 0.442 e. The molecule has 1 unspecified atom stereocenters. The van der Waals surface area contributed by atoms with Crippen molar-refractivity contribution < 1.29 is 18.8 Å².